The van der Waals surface area contributed by atoms with Gasteiger partial charge in [-0.3, -0.25) is 24.2 Å². The summed E-state index contributed by atoms with van der Waals surface area (Å²) in [6.45, 7) is 22.5. The van der Waals surface area contributed by atoms with E-state index in [0.717, 1.165) is 0 Å². The summed E-state index contributed by atoms with van der Waals surface area (Å²) in [4.78, 5) is 128. The number of ether oxygens (including phenoxy) is 5. The van der Waals surface area contributed by atoms with E-state index in [1.165, 1.54) is 6.07 Å². The van der Waals surface area contributed by atoms with Crippen LogP contribution in [0.5, 0.6) is 5.75 Å². The van der Waals surface area contributed by atoms with E-state index in [0.29, 0.717) is 21.6 Å². The third-order valence-corrected chi connectivity index (χ3v) is 11.2. The number of nitrogens with zero attached hydrogens (tertiary/aromatic N) is 2. The summed E-state index contributed by atoms with van der Waals surface area (Å²) in [7, 11) is 0. The SMILES string of the molecule is CC(C)(C)OC(=O)NCC(O)CNC(=O)[C@H](CCCN=C(N)N(C(=O)OC(C)(C)C)C(=O)OC(C)(C)C)NC(=O)[C@@H]1Cc2cccc(c2)-c2ccc(O)c(c2)C[C@H](NC(=O)OC(C)(C)C)C(=O)N[C@@H](C[C@@H](O)CNC(=O)OC(C)(C)C)C(=O)N1. The molecule has 4 bridgehead atoms. The van der Waals surface area contributed by atoms with Gasteiger partial charge in [0.2, 0.25) is 29.6 Å². The molecule has 2 aromatic carbocycles. The van der Waals surface area contributed by atoms with E-state index in [4.69, 9.17) is 29.4 Å². The van der Waals surface area contributed by atoms with Crippen LogP contribution in [0.2, 0.25) is 0 Å². The lowest BCUT2D eigenvalue weighted by molar-refractivity contribution is -0.134. The molecule has 0 fully saturated rings. The van der Waals surface area contributed by atoms with Crippen molar-refractivity contribution in [2.75, 3.05) is 26.2 Å². The molecule has 9 amide bonds. The molecule has 0 radical (unpaired) electrons. The van der Waals surface area contributed by atoms with Crippen LogP contribution in [0.15, 0.2) is 47.5 Å². The molecule has 1 heterocycles. The minimum atomic E-state index is -1.72. The predicted molar refractivity (Wildman–Crippen MR) is 308 cm³/mol. The Morgan fingerprint density at radius 2 is 1.17 bits per heavy atom. The molecule has 1 unspecified atom stereocenters. The summed E-state index contributed by atoms with van der Waals surface area (Å²) in [5.41, 5.74) is 3.08. The molecule has 84 heavy (non-hydrogen) atoms. The summed E-state index contributed by atoms with van der Waals surface area (Å²) in [6, 6.07) is 5.08. The maximum Gasteiger partial charge on any atom is 0.427 e. The Kier molecular flexibility index (Phi) is 25.2. The summed E-state index contributed by atoms with van der Waals surface area (Å²) >= 11 is 0. The molecule has 12 N–H and O–H groups in total. The van der Waals surface area contributed by atoms with E-state index < -0.39 is 144 Å². The molecule has 468 valence electrons. The standard InChI is InChI=1S/C57H88N10O17/c1-53(2,3)80-48(75)61-29-36(68)28-41-46(74)64-39(25-32-18-16-19-33(24-32)34-21-22-42(70)35(26-34)27-40(45(73)65-41)66-50(77)82-55(7,8)9)44(72)63-38(43(71)60-30-37(69)31-62-49(76)81-54(4,5)6)20-17-23-59-47(58)67(51(78)83-56(10,11)12)52(79)84-57(13,14)15/h16,18-19,21-22,24,26,36-41,68-70H,17,20,23,25,27-31H2,1-15H3,(H2,58,59)(H,60,71)(H,61,75)(H,62,76)(H,63,72)(H,64,74)(H,65,73)(H,66,77)/t36-,37?,38+,39+,40+,41+/m1/s1. The highest BCUT2D eigenvalue weighted by Gasteiger charge is 2.37. The number of nitrogens with one attached hydrogen (secondary N) is 7. The number of fused-ring (bicyclic) bond motifs is 5. The van der Waals surface area contributed by atoms with E-state index in [-0.39, 0.29) is 50.1 Å². The number of aromatic hydroxyl groups is 1. The van der Waals surface area contributed by atoms with E-state index in [1.807, 2.05) is 0 Å². The highest BCUT2D eigenvalue weighted by Crippen LogP contribution is 2.29. The number of aliphatic hydroxyl groups excluding tert-OH is 2. The summed E-state index contributed by atoms with van der Waals surface area (Å²) in [5.74, 6) is -4.70. The molecule has 0 saturated carbocycles. The van der Waals surface area contributed by atoms with Crippen molar-refractivity contribution in [3.63, 3.8) is 0 Å². The van der Waals surface area contributed by atoms with E-state index in [2.05, 4.69) is 42.2 Å². The van der Waals surface area contributed by atoms with Gasteiger partial charge >= 0.3 is 30.5 Å². The van der Waals surface area contributed by atoms with Crippen LogP contribution >= 0.6 is 0 Å². The minimum Gasteiger partial charge on any atom is -0.508 e. The molecule has 1 aliphatic heterocycles. The van der Waals surface area contributed by atoms with Crippen molar-refractivity contribution in [2.24, 2.45) is 10.7 Å². The molecule has 27 nitrogen and oxygen atoms in total. The van der Waals surface area contributed by atoms with Gasteiger partial charge in [-0.15, -0.1) is 4.90 Å². The number of hydrogen-bond acceptors (Lipinski definition) is 18. The monoisotopic (exact) mass is 1180 g/mol. The van der Waals surface area contributed by atoms with E-state index in [1.54, 1.807) is 140 Å². The van der Waals surface area contributed by atoms with Crippen molar-refractivity contribution in [2.45, 2.75) is 200 Å². The number of rotatable bonds is 16. The van der Waals surface area contributed by atoms with Crippen molar-refractivity contribution in [1.29, 1.82) is 0 Å². The number of alkyl carbamates (subject to hydrolysis) is 3. The Morgan fingerprint density at radius 3 is 1.71 bits per heavy atom. The van der Waals surface area contributed by atoms with Crippen LogP contribution in [0.1, 0.15) is 134 Å². The van der Waals surface area contributed by atoms with Gasteiger partial charge in [-0.05, 0) is 151 Å². The van der Waals surface area contributed by atoms with E-state index in [9.17, 15) is 58.5 Å². The second-order valence-electron chi connectivity index (χ2n) is 25.1. The summed E-state index contributed by atoms with van der Waals surface area (Å²) in [6.07, 6.45) is -9.57. The number of carbonyl (C=O) groups excluding carboxylic acids is 9. The number of carbonyl (C=O) groups is 9. The van der Waals surface area contributed by atoms with Crippen LogP contribution in [0, 0.1) is 0 Å². The first kappa shape index (κ1) is 70.3. The Hall–Kier alpha value is -7.94. The first-order valence-electron chi connectivity index (χ1n) is 27.5. The number of hydrogen-bond donors (Lipinski definition) is 11. The molecule has 3 rings (SSSR count). The second-order valence-corrected chi connectivity index (χ2v) is 25.1. The number of nitrogens with two attached hydrogens (primary N) is 1. The average Bonchev–Trinajstić information content (AvgIpc) is 3.57. The molecular weight excluding hydrogens is 1100 g/mol. The Balaban J connectivity index is 2.15. The fourth-order valence-electron chi connectivity index (χ4n) is 7.68. The summed E-state index contributed by atoms with van der Waals surface area (Å²) in [5, 5.41) is 51.0. The van der Waals surface area contributed by atoms with Gasteiger partial charge in [-0.2, -0.15) is 0 Å². The second kappa shape index (κ2) is 30.0. The Morgan fingerprint density at radius 1 is 0.655 bits per heavy atom. The molecule has 1 aliphatic rings. The molecule has 0 aliphatic carbocycles. The molecular formula is C57H88N10O17. The molecule has 0 saturated heterocycles. The largest absolute Gasteiger partial charge is 0.508 e. The van der Waals surface area contributed by atoms with Crippen LogP contribution < -0.4 is 43.0 Å². The van der Waals surface area contributed by atoms with Gasteiger partial charge in [-0.25, -0.2) is 24.0 Å². The minimum absolute atomic E-state index is 0.0756. The molecule has 0 spiro atoms. The summed E-state index contributed by atoms with van der Waals surface area (Å²) < 4.78 is 26.7. The maximum atomic E-state index is 14.9. The van der Waals surface area contributed by atoms with Crippen molar-refractivity contribution in [1.82, 2.24) is 42.1 Å². The van der Waals surface area contributed by atoms with E-state index >= 15 is 0 Å². The third kappa shape index (κ3) is 26.5. The zero-order valence-corrected chi connectivity index (χ0v) is 50.9. The number of benzene rings is 2. The van der Waals surface area contributed by atoms with Gasteiger partial charge < -0.3 is 82.0 Å². The highest BCUT2D eigenvalue weighted by atomic mass is 16.6. The fourth-order valence-corrected chi connectivity index (χ4v) is 7.68. The third-order valence-electron chi connectivity index (χ3n) is 11.2. The van der Waals surface area contributed by atoms with Gasteiger partial charge in [0.25, 0.3) is 0 Å². The van der Waals surface area contributed by atoms with Crippen molar-refractivity contribution in [3.8, 4) is 16.9 Å². The smallest absolute Gasteiger partial charge is 0.427 e. The van der Waals surface area contributed by atoms with Gasteiger partial charge in [-0.1, -0.05) is 30.3 Å². The van der Waals surface area contributed by atoms with Gasteiger partial charge in [0.1, 0.15) is 57.9 Å². The Bertz CT molecular complexity index is 2660. The normalized spacial score (nSPS) is 17.3. The number of guanidine groups is 1. The topological polar surface area (TPSA) is 386 Å². The first-order valence-corrected chi connectivity index (χ1v) is 27.5. The van der Waals surface area contributed by atoms with Crippen LogP contribution in [0.25, 0.3) is 11.1 Å². The van der Waals surface area contributed by atoms with Crippen LogP contribution in [-0.2, 0) is 55.7 Å². The lowest BCUT2D eigenvalue weighted by atomic mass is 9.95. The number of aliphatic imine (C=N–C) groups is 1. The van der Waals surface area contributed by atoms with Crippen molar-refractivity contribution >= 4 is 60.1 Å². The Labute approximate surface area is 490 Å². The van der Waals surface area contributed by atoms with Crippen LogP contribution in [0.3, 0.4) is 0 Å². The predicted octanol–water partition coefficient (Wildman–Crippen LogP) is 4.05. The van der Waals surface area contributed by atoms with Gasteiger partial charge in [0.05, 0.1) is 12.2 Å². The zero-order chi connectivity index (χ0) is 63.7. The van der Waals surface area contributed by atoms with Crippen molar-refractivity contribution in [3.05, 3.63) is 53.6 Å². The highest BCUT2D eigenvalue weighted by molar-refractivity contribution is 6.07. The number of aliphatic hydroxyl groups is 2. The number of phenols is 1. The fraction of sp³-hybridized carbons (Fsp3) is 0.614. The molecule has 27 heteroatoms. The molecule has 0 aromatic heterocycles. The van der Waals surface area contributed by atoms with Crippen molar-refractivity contribution < 1.29 is 82.2 Å². The number of imide groups is 1. The molecule has 6 atom stereocenters. The van der Waals surface area contributed by atoms with Gasteiger partial charge in [0.15, 0.2) is 0 Å². The number of amides is 9. The van der Waals surface area contributed by atoms with Gasteiger partial charge in [0, 0.05) is 45.4 Å². The maximum absolute atomic E-state index is 14.9. The number of phenolic OH excluding ortho intramolecular Hbond substituents is 1. The quantitative estimate of drug-likeness (QED) is 0.0489. The lowest BCUT2D eigenvalue weighted by Gasteiger charge is -2.28. The zero-order valence-electron chi connectivity index (χ0n) is 50.9. The van der Waals surface area contributed by atoms with Crippen LogP contribution in [-0.4, -0.2) is 171 Å². The molecule has 2 aromatic rings. The average molecular weight is 1190 g/mol. The lowest BCUT2D eigenvalue weighted by Crippen LogP contribution is -2.60. The van der Waals surface area contributed by atoms with Crippen LogP contribution in [0.4, 0.5) is 24.0 Å². The first-order chi connectivity index (χ1) is 38.6.